The maximum absolute atomic E-state index is 4.27. The number of hydrogen-bond acceptors (Lipinski definition) is 3. The average Bonchev–Trinajstić information content (AvgIpc) is 2.85. The number of anilines is 1. The first-order chi connectivity index (χ1) is 14.9. The van der Waals surface area contributed by atoms with Crippen LogP contribution in [0.1, 0.15) is 49.7 Å². The monoisotopic (exact) mass is 414 g/mol. The number of nitrogens with one attached hydrogen (secondary N) is 1. The predicted octanol–water partition coefficient (Wildman–Crippen LogP) is 7.94. The average molecular weight is 415 g/mol. The quantitative estimate of drug-likeness (QED) is 0.438. The molecule has 1 aliphatic heterocycles. The molecule has 0 bridgehead atoms. The summed E-state index contributed by atoms with van der Waals surface area (Å²) < 4.78 is 0. The summed E-state index contributed by atoms with van der Waals surface area (Å²) in [5, 5.41) is 3.29. The molecular formula is C27H30N2S. The van der Waals surface area contributed by atoms with Gasteiger partial charge in [0, 0.05) is 16.3 Å². The summed E-state index contributed by atoms with van der Waals surface area (Å²) in [4.78, 5) is 5.56. The summed E-state index contributed by atoms with van der Waals surface area (Å²) in [6.45, 7) is 0.770. The molecule has 1 heterocycles. The highest BCUT2D eigenvalue weighted by Crippen LogP contribution is 2.31. The van der Waals surface area contributed by atoms with Crippen LogP contribution in [0.15, 0.2) is 82.7 Å². The van der Waals surface area contributed by atoms with E-state index in [4.69, 9.17) is 0 Å². The van der Waals surface area contributed by atoms with Crippen molar-refractivity contribution in [3.05, 3.63) is 83.9 Å². The van der Waals surface area contributed by atoms with Crippen molar-refractivity contribution >= 4 is 23.8 Å². The molecule has 0 radical (unpaired) electrons. The Morgan fingerprint density at radius 1 is 0.700 bits per heavy atom. The third-order valence-corrected chi connectivity index (χ3v) is 6.72. The molecular weight excluding hydrogens is 384 g/mol. The number of aliphatic imine (C=N–C) groups is 1. The Morgan fingerprint density at radius 2 is 1.37 bits per heavy atom. The van der Waals surface area contributed by atoms with Gasteiger partial charge in [-0.15, -0.1) is 11.8 Å². The zero-order valence-electron chi connectivity index (χ0n) is 17.5. The molecule has 5 rings (SSSR count). The molecule has 1 N–H and O–H groups in total. The molecule has 154 valence electrons. The zero-order chi connectivity index (χ0) is 20.4. The second kappa shape index (κ2) is 11.0. The molecule has 0 spiro atoms. The molecule has 3 aromatic rings. The van der Waals surface area contributed by atoms with Gasteiger partial charge >= 0.3 is 0 Å². The van der Waals surface area contributed by atoms with Crippen molar-refractivity contribution in [2.75, 3.05) is 5.32 Å². The van der Waals surface area contributed by atoms with Crippen molar-refractivity contribution in [2.24, 2.45) is 4.99 Å². The number of thioether (sulfide) groups is 1. The second-order valence-electron chi connectivity index (χ2n) is 7.87. The van der Waals surface area contributed by atoms with Gasteiger partial charge in [0.1, 0.15) is 0 Å². The molecule has 0 unspecified atom stereocenters. The van der Waals surface area contributed by atoms with Gasteiger partial charge in [0.05, 0.1) is 12.9 Å². The first-order valence-corrected chi connectivity index (χ1v) is 12.0. The minimum Gasteiger partial charge on any atom is -0.346 e. The van der Waals surface area contributed by atoms with Crippen LogP contribution < -0.4 is 5.32 Å². The maximum Gasteiger partial charge on any atom is 0.0872 e. The van der Waals surface area contributed by atoms with Crippen LogP contribution in [0.4, 0.5) is 5.69 Å². The minimum absolute atomic E-state index is 0.770. The SMILES string of the molecule is C1=NCc2cccc(CSc3ccc(-c4ccccc4)cc3)c2N1.C1CCCCC1. The van der Waals surface area contributed by atoms with Gasteiger partial charge in [-0.25, -0.2) is 0 Å². The van der Waals surface area contributed by atoms with Crippen molar-refractivity contribution < 1.29 is 0 Å². The van der Waals surface area contributed by atoms with Crippen LogP contribution in [0.3, 0.4) is 0 Å². The Hall–Kier alpha value is -2.52. The Bertz CT molecular complexity index is 933. The van der Waals surface area contributed by atoms with Crippen LogP contribution in [0.2, 0.25) is 0 Å². The Kier molecular flexibility index (Phi) is 7.63. The summed E-state index contributed by atoms with van der Waals surface area (Å²) >= 11 is 1.87. The standard InChI is InChI=1S/C21H18N2S.C6H12/c1-2-5-16(6-3-1)17-9-11-20(12-10-17)24-14-19-8-4-7-18-13-22-15-23-21(18)19;1-2-4-6-5-3-1/h1-12,15H,13-14H2,(H,22,23);1-6H2. The number of rotatable bonds is 4. The third-order valence-electron chi connectivity index (χ3n) is 5.65. The molecule has 0 aromatic heterocycles. The van der Waals surface area contributed by atoms with E-state index in [2.05, 4.69) is 77.0 Å². The van der Waals surface area contributed by atoms with E-state index in [0.29, 0.717) is 0 Å². The molecule has 2 nitrogen and oxygen atoms in total. The topological polar surface area (TPSA) is 24.4 Å². The van der Waals surface area contributed by atoms with E-state index in [9.17, 15) is 0 Å². The predicted molar refractivity (Wildman–Crippen MR) is 131 cm³/mol. The smallest absolute Gasteiger partial charge is 0.0872 e. The first kappa shape index (κ1) is 20.7. The molecule has 0 saturated heterocycles. The summed E-state index contributed by atoms with van der Waals surface area (Å²) in [7, 11) is 0. The van der Waals surface area contributed by atoms with Crippen molar-refractivity contribution in [1.29, 1.82) is 0 Å². The number of fused-ring (bicyclic) bond motifs is 1. The number of benzene rings is 3. The lowest BCUT2D eigenvalue weighted by Crippen LogP contribution is -2.07. The molecule has 30 heavy (non-hydrogen) atoms. The van der Waals surface area contributed by atoms with E-state index in [1.165, 1.54) is 71.4 Å². The van der Waals surface area contributed by atoms with Crippen molar-refractivity contribution in [1.82, 2.24) is 0 Å². The molecule has 2 aliphatic rings. The lowest BCUT2D eigenvalue weighted by molar-refractivity contribution is 0.504. The van der Waals surface area contributed by atoms with E-state index in [1.54, 1.807) is 6.34 Å². The highest BCUT2D eigenvalue weighted by Gasteiger charge is 2.10. The minimum atomic E-state index is 0.770. The summed E-state index contributed by atoms with van der Waals surface area (Å²) in [6.07, 6.45) is 10.8. The van der Waals surface area contributed by atoms with Crippen molar-refractivity contribution in [2.45, 2.75) is 55.7 Å². The largest absolute Gasteiger partial charge is 0.346 e. The van der Waals surface area contributed by atoms with Crippen LogP contribution in [0, 0.1) is 0 Å². The van der Waals surface area contributed by atoms with Crippen molar-refractivity contribution in [3.8, 4) is 11.1 Å². The van der Waals surface area contributed by atoms with Crippen LogP contribution >= 0.6 is 11.8 Å². The summed E-state index contributed by atoms with van der Waals surface area (Å²) in [5.74, 6) is 0.953. The van der Waals surface area contributed by atoms with E-state index in [-0.39, 0.29) is 0 Å². The lowest BCUT2D eigenvalue weighted by atomic mass is 10.0. The van der Waals surface area contributed by atoms with Gasteiger partial charge in [-0.3, -0.25) is 4.99 Å². The van der Waals surface area contributed by atoms with Crippen LogP contribution in [-0.2, 0) is 12.3 Å². The van der Waals surface area contributed by atoms with Crippen LogP contribution in [0.25, 0.3) is 11.1 Å². The Labute approximate surface area is 184 Å². The van der Waals surface area contributed by atoms with Gasteiger partial charge in [0.2, 0.25) is 0 Å². The molecule has 0 atom stereocenters. The van der Waals surface area contributed by atoms with E-state index in [0.717, 1.165) is 12.3 Å². The normalized spacial score (nSPS) is 14.8. The number of para-hydroxylation sites is 1. The van der Waals surface area contributed by atoms with E-state index < -0.39 is 0 Å². The second-order valence-corrected chi connectivity index (χ2v) is 8.91. The summed E-state index contributed by atoms with van der Waals surface area (Å²) in [6, 6.07) is 25.7. The molecule has 1 fully saturated rings. The van der Waals surface area contributed by atoms with Crippen LogP contribution in [0.5, 0.6) is 0 Å². The molecule has 0 amide bonds. The zero-order valence-corrected chi connectivity index (χ0v) is 18.3. The van der Waals surface area contributed by atoms with Crippen LogP contribution in [-0.4, -0.2) is 6.34 Å². The molecule has 1 aliphatic carbocycles. The number of hydrogen-bond donors (Lipinski definition) is 1. The fraction of sp³-hybridized carbons (Fsp3) is 0.296. The third kappa shape index (κ3) is 5.76. The molecule has 1 saturated carbocycles. The first-order valence-electron chi connectivity index (χ1n) is 11.0. The number of nitrogens with zero attached hydrogens (tertiary/aromatic N) is 1. The highest BCUT2D eigenvalue weighted by atomic mass is 32.2. The maximum atomic E-state index is 4.27. The van der Waals surface area contributed by atoms with Gasteiger partial charge < -0.3 is 5.32 Å². The molecule has 3 heteroatoms. The van der Waals surface area contributed by atoms with Gasteiger partial charge in [0.25, 0.3) is 0 Å². The molecule has 3 aromatic carbocycles. The summed E-state index contributed by atoms with van der Waals surface area (Å²) in [5.41, 5.74) is 6.34. The van der Waals surface area contributed by atoms with Gasteiger partial charge in [-0.1, -0.05) is 99.2 Å². The lowest BCUT2D eigenvalue weighted by Gasteiger charge is -2.16. The Balaban J connectivity index is 0.000000313. The van der Waals surface area contributed by atoms with Crippen molar-refractivity contribution in [3.63, 3.8) is 0 Å². The highest BCUT2D eigenvalue weighted by molar-refractivity contribution is 7.98. The van der Waals surface area contributed by atoms with E-state index >= 15 is 0 Å². The fourth-order valence-corrected chi connectivity index (χ4v) is 4.83. The van der Waals surface area contributed by atoms with Gasteiger partial charge in [-0.05, 0) is 34.4 Å². The Morgan fingerprint density at radius 3 is 2.07 bits per heavy atom. The fourth-order valence-electron chi connectivity index (χ4n) is 3.94. The van der Waals surface area contributed by atoms with E-state index in [1.807, 2.05) is 17.8 Å². The van der Waals surface area contributed by atoms with Gasteiger partial charge in [-0.2, -0.15) is 0 Å². The van der Waals surface area contributed by atoms with Gasteiger partial charge in [0.15, 0.2) is 0 Å².